The number of nitrogens with zero attached hydrogens (tertiary/aromatic N) is 1. The van der Waals surface area contributed by atoms with Gasteiger partial charge in [-0.3, -0.25) is 5.10 Å². The quantitative estimate of drug-likeness (QED) is 0.913. The monoisotopic (exact) mass is 313 g/mol. The zero-order valence-corrected chi connectivity index (χ0v) is 13.3. The Labute approximate surface area is 136 Å². The fourth-order valence-electron chi connectivity index (χ4n) is 3.65. The fraction of sp³-hybridized carbons (Fsp3) is 0.500. The molecule has 0 amide bonds. The van der Waals surface area contributed by atoms with Crippen LogP contribution in [0.25, 0.3) is 11.1 Å². The van der Waals surface area contributed by atoms with E-state index in [-0.39, 0.29) is 5.60 Å². The van der Waals surface area contributed by atoms with E-state index in [1.54, 1.807) is 0 Å². The van der Waals surface area contributed by atoms with Crippen LogP contribution in [0.1, 0.15) is 25.7 Å². The highest BCUT2D eigenvalue weighted by molar-refractivity contribution is 5.64. The number of aromatic amines is 1. The van der Waals surface area contributed by atoms with Gasteiger partial charge in [0.05, 0.1) is 11.8 Å². The Kier molecular flexibility index (Phi) is 4.06. The Hall–Kier alpha value is -1.85. The van der Waals surface area contributed by atoms with Crippen LogP contribution in [-0.4, -0.2) is 41.7 Å². The minimum absolute atomic E-state index is 0.0326. The Balaban J connectivity index is 1.41. The molecular formula is C18H23N3O2. The minimum Gasteiger partial charge on any atom is -0.382 e. The number of hydrogen-bond acceptors (Lipinski definition) is 4. The van der Waals surface area contributed by atoms with Gasteiger partial charge in [-0.1, -0.05) is 12.1 Å². The van der Waals surface area contributed by atoms with Gasteiger partial charge in [-0.25, -0.2) is 0 Å². The lowest BCUT2D eigenvalue weighted by molar-refractivity contribution is -0.135. The Morgan fingerprint density at radius 1 is 1.09 bits per heavy atom. The van der Waals surface area contributed by atoms with Gasteiger partial charge in [-0.2, -0.15) is 5.10 Å². The van der Waals surface area contributed by atoms with Crippen LogP contribution in [0.2, 0.25) is 0 Å². The Morgan fingerprint density at radius 3 is 2.65 bits per heavy atom. The summed E-state index contributed by atoms with van der Waals surface area (Å²) in [5.41, 5.74) is 3.50. The van der Waals surface area contributed by atoms with Crippen molar-refractivity contribution in [3.8, 4) is 11.1 Å². The number of H-pyrrole nitrogens is 1. The number of ether oxygens (including phenoxy) is 2. The maximum Gasteiger partial charge on any atom is 0.0745 e. The first-order valence-electron chi connectivity index (χ1n) is 8.41. The third-order valence-electron chi connectivity index (χ3n) is 4.98. The van der Waals surface area contributed by atoms with Crippen molar-refractivity contribution in [3.63, 3.8) is 0 Å². The molecule has 0 aliphatic carbocycles. The fourth-order valence-corrected chi connectivity index (χ4v) is 3.65. The van der Waals surface area contributed by atoms with E-state index in [9.17, 15) is 0 Å². The average molecular weight is 313 g/mol. The topological polar surface area (TPSA) is 59.2 Å². The molecule has 0 bridgehead atoms. The molecule has 1 aromatic heterocycles. The highest BCUT2D eigenvalue weighted by Gasteiger charge is 2.38. The van der Waals surface area contributed by atoms with Crippen LogP contribution in [0.3, 0.4) is 0 Å². The predicted molar refractivity (Wildman–Crippen MR) is 89.4 cm³/mol. The molecule has 0 radical (unpaired) electrons. The zero-order chi connectivity index (χ0) is 15.5. The predicted octanol–water partition coefficient (Wildman–Crippen LogP) is 3.22. The molecule has 2 aromatic rings. The highest BCUT2D eigenvalue weighted by Crippen LogP contribution is 2.35. The third-order valence-corrected chi connectivity index (χ3v) is 4.98. The van der Waals surface area contributed by atoms with Gasteiger partial charge < -0.3 is 14.8 Å². The van der Waals surface area contributed by atoms with Crippen LogP contribution in [0.4, 0.5) is 5.69 Å². The molecule has 0 saturated carbocycles. The van der Waals surface area contributed by atoms with Crippen molar-refractivity contribution in [2.45, 2.75) is 37.3 Å². The average Bonchev–Trinajstić information content (AvgIpc) is 3.11. The number of rotatable bonds is 3. The van der Waals surface area contributed by atoms with Crippen LogP contribution in [-0.2, 0) is 9.47 Å². The maximum absolute atomic E-state index is 6.11. The lowest BCUT2D eigenvalue weighted by Crippen LogP contribution is -2.47. The Morgan fingerprint density at radius 2 is 1.91 bits per heavy atom. The third kappa shape index (κ3) is 3.26. The molecule has 2 saturated heterocycles. The molecule has 2 fully saturated rings. The van der Waals surface area contributed by atoms with Gasteiger partial charge in [0.25, 0.3) is 0 Å². The lowest BCUT2D eigenvalue weighted by Gasteiger charge is -2.43. The second kappa shape index (κ2) is 6.34. The molecule has 23 heavy (non-hydrogen) atoms. The number of aromatic nitrogens is 2. The van der Waals surface area contributed by atoms with E-state index < -0.39 is 0 Å². The van der Waals surface area contributed by atoms with Crippen LogP contribution in [0.5, 0.6) is 0 Å². The Bertz CT molecular complexity index is 613. The zero-order valence-electron chi connectivity index (χ0n) is 13.3. The summed E-state index contributed by atoms with van der Waals surface area (Å²) < 4.78 is 11.6. The molecule has 122 valence electrons. The van der Waals surface area contributed by atoms with Gasteiger partial charge in [0.1, 0.15) is 0 Å². The molecule has 1 aromatic carbocycles. The number of hydrogen-bond donors (Lipinski definition) is 2. The van der Waals surface area contributed by atoms with E-state index in [4.69, 9.17) is 9.47 Å². The SMILES string of the molecule is c1cc(-c2cn[nH]c2)ccc1NC1CCOC2(CCOCC2)C1. The van der Waals surface area contributed by atoms with E-state index in [0.717, 1.165) is 51.1 Å². The minimum atomic E-state index is 0.0326. The van der Waals surface area contributed by atoms with E-state index in [0.29, 0.717) is 6.04 Å². The van der Waals surface area contributed by atoms with E-state index in [1.807, 2.05) is 12.4 Å². The molecule has 5 heteroatoms. The molecule has 1 atom stereocenters. The van der Waals surface area contributed by atoms with E-state index in [1.165, 1.54) is 11.3 Å². The summed E-state index contributed by atoms with van der Waals surface area (Å²) in [6.45, 7) is 2.49. The maximum atomic E-state index is 6.11. The normalized spacial score (nSPS) is 23.7. The smallest absolute Gasteiger partial charge is 0.0745 e. The van der Waals surface area contributed by atoms with Crippen molar-refractivity contribution >= 4 is 5.69 Å². The largest absolute Gasteiger partial charge is 0.382 e. The summed E-state index contributed by atoms with van der Waals surface area (Å²) in [4.78, 5) is 0. The van der Waals surface area contributed by atoms with Gasteiger partial charge in [-0.05, 0) is 43.4 Å². The van der Waals surface area contributed by atoms with Crippen LogP contribution >= 0.6 is 0 Å². The van der Waals surface area contributed by atoms with Gasteiger partial charge in [0.15, 0.2) is 0 Å². The molecule has 1 spiro atoms. The summed E-state index contributed by atoms with van der Waals surface area (Å²) in [5.74, 6) is 0. The van der Waals surface area contributed by atoms with Crippen molar-refractivity contribution < 1.29 is 9.47 Å². The van der Waals surface area contributed by atoms with Gasteiger partial charge in [0.2, 0.25) is 0 Å². The molecular weight excluding hydrogens is 290 g/mol. The number of anilines is 1. The molecule has 1 unspecified atom stereocenters. The van der Waals surface area contributed by atoms with Crippen molar-refractivity contribution in [2.24, 2.45) is 0 Å². The molecule has 4 rings (SSSR count). The van der Waals surface area contributed by atoms with Crippen molar-refractivity contribution in [1.82, 2.24) is 10.2 Å². The first kappa shape index (κ1) is 14.7. The second-order valence-corrected chi connectivity index (χ2v) is 6.54. The van der Waals surface area contributed by atoms with Crippen LogP contribution < -0.4 is 5.32 Å². The van der Waals surface area contributed by atoms with Crippen molar-refractivity contribution in [3.05, 3.63) is 36.7 Å². The van der Waals surface area contributed by atoms with E-state index in [2.05, 4.69) is 39.8 Å². The lowest BCUT2D eigenvalue weighted by atomic mass is 9.84. The number of benzene rings is 1. The molecule has 3 heterocycles. The first-order chi connectivity index (χ1) is 11.3. The van der Waals surface area contributed by atoms with Gasteiger partial charge in [0, 0.05) is 43.3 Å². The van der Waals surface area contributed by atoms with Crippen LogP contribution in [0, 0.1) is 0 Å². The highest BCUT2D eigenvalue weighted by atomic mass is 16.5. The summed E-state index contributed by atoms with van der Waals surface area (Å²) in [7, 11) is 0. The van der Waals surface area contributed by atoms with Gasteiger partial charge in [-0.15, -0.1) is 0 Å². The summed E-state index contributed by atoms with van der Waals surface area (Å²) in [6.07, 6.45) is 7.92. The van der Waals surface area contributed by atoms with Gasteiger partial charge >= 0.3 is 0 Å². The van der Waals surface area contributed by atoms with E-state index >= 15 is 0 Å². The molecule has 2 aliphatic heterocycles. The number of nitrogens with one attached hydrogen (secondary N) is 2. The summed E-state index contributed by atoms with van der Waals surface area (Å²) in [5, 5.41) is 10.5. The molecule has 5 nitrogen and oxygen atoms in total. The first-order valence-corrected chi connectivity index (χ1v) is 8.41. The molecule has 2 N–H and O–H groups in total. The van der Waals surface area contributed by atoms with Crippen molar-refractivity contribution in [1.29, 1.82) is 0 Å². The van der Waals surface area contributed by atoms with Crippen molar-refractivity contribution in [2.75, 3.05) is 25.1 Å². The summed E-state index contributed by atoms with van der Waals surface area (Å²) >= 11 is 0. The summed E-state index contributed by atoms with van der Waals surface area (Å²) in [6, 6.07) is 9.04. The standard InChI is InChI=1S/C18H23N3O2/c1-3-16(4-2-14(1)15-12-19-20-13-15)21-17-5-8-23-18(11-17)6-9-22-10-7-18/h1-4,12-13,17,21H,5-11H2,(H,19,20). The molecule has 2 aliphatic rings. The second-order valence-electron chi connectivity index (χ2n) is 6.54. The van der Waals surface area contributed by atoms with Crippen LogP contribution in [0.15, 0.2) is 36.7 Å².